The molecule has 0 bridgehead atoms. The third kappa shape index (κ3) is 5.17. The molecule has 0 aliphatic carbocycles. The van der Waals surface area contributed by atoms with Crippen LogP contribution in [0.25, 0.3) is 6.08 Å². The van der Waals surface area contributed by atoms with Crippen molar-refractivity contribution in [2.45, 2.75) is 13.1 Å². The van der Waals surface area contributed by atoms with Gasteiger partial charge in [0, 0.05) is 32.7 Å². The lowest BCUT2D eigenvalue weighted by molar-refractivity contribution is -0.121. The SMILES string of the molecule is CN1CCN(Cc2cccc(CN3C(=O)COc4ccc(/C=C5/SC(=S)NC5=O)cc43)c2)CC1. The van der Waals surface area contributed by atoms with E-state index in [1.807, 2.05) is 18.2 Å². The molecule has 1 N–H and O–H groups in total. The van der Waals surface area contributed by atoms with Gasteiger partial charge < -0.3 is 19.9 Å². The van der Waals surface area contributed by atoms with E-state index in [0.29, 0.717) is 27.2 Å². The fourth-order valence-corrected chi connectivity index (χ4v) is 5.37. The number of piperazine rings is 1. The van der Waals surface area contributed by atoms with Crippen molar-refractivity contribution < 1.29 is 14.3 Å². The van der Waals surface area contributed by atoms with Gasteiger partial charge in [0.05, 0.1) is 17.1 Å². The number of ether oxygens (including phenoxy) is 1. The number of anilines is 1. The molecular formula is C25H26N4O3S2. The molecule has 0 saturated carbocycles. The maximum Gasteiger partial charge on any atom is 0.265 e. The summed E-state index contributed by atoms with van der Waals surface area (Å²) in [5.74, 6) is 0.374. The number of hydrogen-bond acceptors (Lipinski definition) is 7. The summed E-state index contributed by atoms with van der Waals surface area (Å²) in [4.78, 5) is 32.0. The molecule has 176 valence electrons. The summed E-state index contributed by atoms with van der Waals surface area (Å²) in [7, 11) is 2.16. The Morgan fingerprint density at radius 2 is 1.82 bits per heavy atom. The van der Waals surface area contributed by atoms with Crippen LogP contribution in [-0.4, -0.2) is 65.8 Å². The number of thioether (sulfide) groups is 1. The molecular weight excluding hydrogens is 468 g/mol. The van der Waals surface area contributed by atoms with Gasteiger partial charge in [0.2, 0.25) is 0 Å². The maximum atomic E-state index is 12.8. The van der Waals surface area contributed by atoms with Gasteiger partial charge in [-0.2, -0.15) is 0 Å². The van der Waals surface area contributed by atoms with Crippen LogP contribution in [0.15, 0.2) is 47.4 Å². The number of hydrogen-bond donors (Lipinski definition) is 1. The lowest BCUT2D eigenvalue weighted by Crippen LogP contribution is -2.43. The van der Waals surface area contributed by atoms with Crippen LogP contribution in [0.2, 0.25) is 0 Å². The number of carbonyl (C=O) groups is 2. The monoisotopic (exact) mass is 494 g/mol. The largest absolute Gasteiger partial charge is 0.482 e. The number of rotatable bonds is 5. The highest BCUT2D eigenvalue weighted by Gasteiger charge is 2.27. The molecule has 3 heterocycles. The zero-order chi connectivity index (χ0) is 23.7. The van der Waals surface area contributed by atoms with Gasteiger partial charge in [-0.1, -0.05) is 54.3 Å². The van der Waals surface area contributed by atoms with E-state index in [9.17, 15) is 9.59 Å². The van der Waals surface area contributed by atoms with E-state index in [2.05, 4.69) is 46.4 Å². The Labute approximate surface area is 208 Å². The Hall–Kier alpha value is -2.72. The van der Waals surface area contributed by atoms with Crippen LogP contribution in [-0.2, 0) is 22.7 Å². The van der Waals surface area contributed by atoms with Gasteiger partial charge in [-0.25, -0.2) is 0 Å². The zero-order valence-electron chi connectivity index (χ0n) is 19.0. The van der Waals surface area contributed by atoms with E-state index in [1.54, 1.807) is 11.0 Å². The van der Waals surface area contributed by atoms with Crippen molar-refractivity contribution in [1.82, 2.24) is 15.1 Å². The van der Waals surface area contributed by atoms with E-state index in [0.717, 1.165) is 43.9 Å². The number of nitrogens with zero attached hydrogens (tertiary/aromatic N) is 3. The Morgan fingerprint density at radius 3 is 2.56 bits per heavy atom. The third-order valence-corrected chi connectivity index (χ3v) is 7.36. The molecule has 2 aromatic carbocycles. The summed E-state index contributed by atoms with van der Waals surface area (Å²) in [6.07, 6.45) is 1.79. The van der Waals surface area contributed by atoms with Gasteiger partial charge in [-0.3, -0.25) is 14.5 Å². The highest BCUT2D eigenvalue weighted by Crippen LogP contribution is 2.36. The molecule has 0 atom stereocenters. The summed E-state index contributed by atoms with van der Waals surface area (Å²) in [6, 6.07) is 14.1. The second-order valence-corrected chi connectivity index (χ2v) is 10.5. The number of thiocarbonyl (C=S) groups is 1. The second kappa shape index (κ2) is 9.87. The number of nitrogens with one attached hydrogen (secondary N) is 1. The van der Waals surface area contributed by atoms with Gasteiger partial charge in [-0.05, 0) is 41.9 Å². The number of carbonyl (C=O) groups excluding carboxylic acids is 2. The highest BCUT2D eigenvalue weighted by atomic mass is 32.2. The van der Waals surface area contributed by atoms with Gasteiger partial charge >= 0.3 is 0 Å². The van der Waals surface area contributed by atoms with Crippen LogP contribution in [0.3, 0.4) is 0 Å². The quantitative estimate of drug-likeness (QED) is 0.507. The van der Waals surface area contributed by atoms with Gasteiger partial charge in [0.25, 0.3) is 11.8 Å². The molecule has 3 aliphatic rings. The molecule has 2 aromatic rings. The summed E-state index contributed by atoms with van der Waals surface area (Å²) in [5.41, 5.74) is 3.85. The maximum absolute atomic E-state index is 12.8. The number of fused-ring (bicyclic) bond motifs is 1. The van der Waals surface area contributed by atoms with E-state index < -0.39 is 0 Å². The second-order valence-electron chi connectivity index (χ2n) is 8.75. The molecule has 9 heteroatoms. The van der Waals surface area contributed by atoms with Gasteiger partial charge in [-0.15, -0.1) is 0 Å². The molecule has 2 saturated heterocycles. The Bertz CT molecular complexity index is 1170. The van der Waals surface area contributed by atoms with Crippen LogP contribution in [0, 0.1) is 0 Å². The van der Waals surface area contributed by atoms with Crippen LogP contribution in [0.4, 0.5) is 5.69 Å². The van der Waals surface area contributed by atoms with Crippen molar-refractivity contribution in [3.63, 3.8) is 0 Å². The first-order valence-electron chi connectivity index (χ1n) is 11.3. The summed E-state index contributed by atoms with van der Waals surface area (Å²) >= 11 is 6.31. The Morgan fingerprint density at radius 1 is 1.06 bits per heavy atom. The smallest absolute Gasteiger partial charge is 0.265 e. The normalized spacial score (nSPS) is 20.4. The third-order valence-electron chi connectivity index (χ3n) is 6.20. The van der Waals surface area contributed by atoms with Crippen molar-refractivity contribution in [3.05, 3.63) is 64.1 Å². The average Bonchev–Trinajstić information content (AvgIpc) is 3.14. The van der Waals surface area contributed by atoms with E-state index >= 15 is 0 Å². The zero-order valence-corrected chi connectivity index (χ0v) is 20.6. The molecule has 5 rings (SSSR count). The predicted octanol–water partition coefficient (Wildman–Crippen LogP) is 2.85. The van der Waals surface area contributed by atoms with Crippen molar-refractivity contribution in [2.75, 3.05) is 44.7 Å². The summed E-state index contributed by atoms with van der Waals surface area (Å²) in [5, 5.41) is 2.63. The lowest BCUT2D eigenvalue weighted by Gasteiger charge is -2.32. The molecule has 0 aromatic heterocycles. The molecule has 2 fully saturated rings. The fourth-order valence-electron chi connectivity index (χ4n) is 4.33. The molecule has 2 amide bonds. The molecule has 0 radical (unpaired) electrons. The molecule has 0 unspecified atom stereocenters. The van der Waals surface area contributed by atoms with Gasteiger partial charge in [0.15, 0.2) is 6.61 Å². The first-order chi connectivity index (χ1) is 16.4. The van der Waals surface area contributed by atoms with E-state index in [-0.39, 0.29) is 18.4 Å². The molecule has 3 aliphatic heterocycles. The van der Waals surface area contributed by atoms with Crippen molar-refractivity contribution in [3.8, 4) is 5.75 Å². The van der Waals surface area contributed by atoms with Crippen LogP contribution < -0.4 is 15.0 Å². The molecule has 7 nitrogen and oxygen atoms in total. The summed E-state index contributed by atoms with van der Waals surface area (Å²) in [6.45, 7) is 5.69. The van der Waals surface area contributed by atoms with E-state index in [1.165, 1.54) is 17.3 Å². The van der Waals surface area contributed by atoms with E-state index in [4.69, 9.17) is 17.0 Å². The molecule has 34 heavy (non-hydrogen) atoms. The summed E-state index contributed by atoms with van der Waals surface area (Å²) < 4.78 is 6.12. The van der Waals surface area contributed by atoms with Crippen molar-refractivity contribution >= 4 is 51.9 Å². The average molecular weight is 495 g/mol. The minimum atomic E-state index is -0.200. The first-order valence-corrected chi connectivity index (χ1v) is 12.5. The lowest BCUT2D eigenvalue weighted by atomic mass is 10.1. The number of amides is 2. The predicted molar refractivity (Wildman–Crippen MR) is 139 cm³/mol. The van der Waals surface area contributed by atoms with Crippen LogP contribution in [0.5, 0.6) is 5.75 Å². The standard InChI is InChI=1S/C25H26N4O3S2/c1-27-7-9-28(10-8-27)14-18-3-2-4-19(11-18)15-29-20-12-17(5-6-21(20)32-16-23(29)30)13-22-24(31)26-25(33)34-22/h2-6,11-13H,7-10,14-16H2,1H3,(H,26,31,33)/b22-13+. The number of likely N-dealkylation sites (N-methyl/N-ethyl adjacent to an activating group) is 1. The minimum Gasteiger partial charge on any atom is -0.482 e. The fraction of sp³-hybridized carbons (Fsp3) is 0.320. The minimum absolute atomic E-state index is 0.0148. The van der Waals surface area contributed by atoms with Crippen LogP contribution in [0.1, 0.15) is 16.7 Å². The Kier molecular flexibility index (Phi) is 6.69. The van der Waals surface area contributed by atoms with Crippen LogP contribution >= 0.6 is 24.0 Å². The van der Waals surface area contributed by atoms with Gasteiger partial charge in [0.1, 0.15) is 10.1 Å². The number of benzene rings is 2. The van der Waals surface area contributed by atoms with Crippen molar-refractivity contribution in [1.29, 1.82) is 0 Å². The first kappa shape index (κ1) is 23.0. The van der Waals surface area contributed by atoms with Crippen molar-refractivity contribution in [2.24, 2.45) is 0 Å². The highest BCUT2D eigenvalue weighted by molar-refractivity contribution is 8.26. The Balaban J connectivity index is 1.36. The molecule has 0 spiro atoms. The topological polar surface area (TPSA) is 65.1 Å².